The second-order valence-electron chi connectivity index (χ2n) is 3.32. The second kappa shape index (κ2) is 5.61. The zero-order valence-corrected chi connectivity index (χ0v) is 9.85. The molecule has 0 aliphatic carbocycles. The maximum Gasteiger partial charge on any atom is 0.0682 e. The topological polar surface area (TPSA) is 24.1 Å². The maximum absolute atomic E-state index is 3.40. The minimum atomic E-state index is 1.13. The average Bonchev–Trinajstić information content (AvgIpc) is 2.29. The van der Waals surface area contributed by atoms with Crippen LogP contribution in [0.3, 0.4) is 0 Å². The van der Waals surface area contributed by atoms with Crippen LogP contribution in [0.4, 0.5) is 0 Å². The van der Waals surface area contributed by atoms with Crippen molar-refractivity contribution in [2.24, 2.45) is 0 Å². The van der Waals surface area contributed by atoms with Crippen molar-refractivity contribution in [2.45, 2.75) is 12.8 Å². The highest BCUT2D eigenvalue weighted by atomic mass is 32.2. The molecule has 0 aromatic rings. The van der Waals surface area contributed by atoms with Crippen molar-refractivity contribution < 1.29 is 0 Å². The van der Waals surface area contributed by atoms with Gasteiger partial charge in [0.15, 0.2) is 0 Å². The van der Waals surface area contributed by atoms with Gasteiger partial charge in [-0.25, -0.2) is 0 Å². The third-order valence-electron chi connectivity index (χ3n) is 2.14. The van der Waals surface area contributed by atoms with Crippen LogP contribution in [0.5, 0.6) is 0 Å². The van der Waals surface area contributed by atoms with Gasteiger partial charge in [0.2, 0.25) is 0 Å². The Bertz CT molecular complexity index is 207. The Hall–Kier alpha value is -0.220. The van der Waals surface area contributed by atoms with Gasteiger partial charge >= 0.3 is 0 Å². The van der Waals surface area contributed by atoms with Crippen LogP contribution in [0.25, 0.3) is 0 Å². The first-order valence-electron chi connectivity index (χ1n) is 5.10. The van der Waals surface area contributed by atoms with Crippen LogP contribution in [0.1, 0.15) is 12.8 Å². The largest absolute Gasteiger partial charge is 0.380 e. The van der Waals surface area contributed by atoms with Crippen LogP contribution in [0.2, 0.25) is 0 Å². The van der Waals surface area contributed by atoms with E-state index in [4.69, 9.17) is 0 Å². The number of nitrogens with one attached hydrogen (secondary N) is 2. The minimum absolute atomic E-state index is 1.13. The summed E-state index contributed by atoms with van der Waals surface area (Å²) in [7, 11) is 0. The van der Waals surface area contributed by atoms with Crippen molar-refractivity contribution in [3.8, 4) is 0 Å². The Morgan fingerprint density at radius 1 is 0.857 bits per heavy atom. The summed E-state index contributed by atoms with van der Waals surface area (Å²) >= 11 is 3.84. The predicted octanol–water partition coefficient (Wildman–Crippen LogP) is 2.12. The first kappa shape index (κ1) is 10.3. The van der Waals surface area contributed by atoms with Crippen LogP contribution < -0.4 is 10.6 Å². The summed E-state index contributed by atoms with van der Waals surface area (Å²) in [6.07, 6.45) is 6.96. The highest BCUT2D eigenvalue weighted by molar-refractivity contribution is 8.03. The number of allylic oxidation sites excluding steroid dienone is 2. The minimum Gasteiger partial charge on any atom is -0.380 e. The molecule has 2 nitrogen and oxygen atoms in total. The van der Waals surface area contributed by atoms with Gasteiger partial charge in [0, 0.05) is 24.6 Å². The molecule has 0 saturated carbocycles. The quantitative estimate of drug-likeness (QED) is 0.718. The van der Waals surface area contributed by atoms with Gasteiger partial charge in [0.25, 0.3) is 0 Å². The Labute approximate surface area is 94.0 Å². The first-order valence-corrected chi connectivity index (χ1v) is 7.07. The van der Waals surface area contributed by atoms with Gasteiger partial charge in [-0.05, 0) is 25.0 Å². The molecule has 0 aromatic heterocycles. The van der Waals surface area contributed by atoms with E-state index in [2.05, 4.69) is 22.8 Å². The first-order chi connectivity index (χ1) is 6.95. The number of hydrogen-bond acceptors (Lipinski definition) is 4. The van der Waals surface area contributed by atoms with Gasteiger partial charge in [0.05, 0.1) is 10.1 Å². The Kier molecular flexibility index (Phi) is 4.13. The predicted molar refractivity (Wildman–Crippen MR) is 66.3 cm³/mol. The van der Waals surface area contributed by atoms with Crippen LogP contribution in [-0.2, 0) is 0 Å². The van der Waals surface area contributed by atoms with E-state index in [1.54, 1.807) is 0 Å². The molecule has 0 amide bonds. The number of rotatable bonds is 1. The lowest BCUT2D eigenvalue weighted by Gasteiger charge is -2.17. The highest BCUT2D eigenvalue weighted by Gasteiger charge is 2.05. The molecule has 2 aliphatic heterocycles. The van der Waals surface area contributed by atoms with Gasteiger partial charge in [-0.1, -0.05) is 0 Å². The number of thioether (sulfide) groups is 2. The molecule has 0 atom stereocenters. The SMILES string of the molecule is C(/C=C1\NCCCS1)=C1/NCCCS1. The normalized spacial score (nSPS) is 28.6. The summed E-state index contributed by atoms with van der Waals surface area (Å²) in [5.74, 6) is 2.51. The summed E-state index contributed by atoms with van der Waals surface area (Å²) in [6.45, 7) is 2.26. The van der Waals surface area contributed by atoms with E-state index in [9.17, 15) is 0 Å². The van der Waals surface area contributed by atoms with Gasteiger partial charge in [-0.15, -0.1) is 23.5 Å². The third kappa shape index (κ3) is 3.17. The van der Waals surface area contributed by atoms with Gasteiger partial charge in [0.1, 0.15) is 0 Å². The molecule has 0 aromatic carbocycles. The van der Waals surface area contributed by atoms with E-state index in [0.717, 1.165) is 13.1 Å². The van der Waals surface area contributed by atoms with E-state index in [-0.39, 0.29) is 0 Å². The summed E-state index contributed by atoms with van der Waals surface area (Å²) in [5.41, 5.74) is 0. The van der Waals surface area contributed by atoms with E-state index >= 15 is 0 Å². The van der Waals surface area contributed by atoms with Crippen molar-refractivity contribution in [1.29, 1.82) is 0 Å². The highest BCUT2D eigenvalue weighted by Crippen LogP contribution is 2.21. The molecule has 2 rings (SSSR count). The van der Waals surface area contributed by atoms with E-state index in [1.807, 2.05) is 23.5 Å². The molecule has 0 radical (unpaired) electrons. The van der Waals surface area contributed by atoms with Gasteiger partial charge in [-0.2, -0.15) is 0 Å². The van der Waals surface area contributed by atoms with Crippen molar-refractivity contribution >= 4 is 23.5 Å². The fraction of sp³-hybridized carbons (Fsp3) is 0.600. The lowest BCUT2D eigenvalue weighted by molar-refractivity contribution is 0.783. The van der Waals surface area contributed by atoms with Crippen molar-refractivity contribution in [3.05, 3.63) is 22.2 Å². The molecule has 2 aliphatic rings. The van der Waals surface area contributed by atoms with Crippen molar-refractivity contribution in [2.75, 3.05) is 24.6 Å². The molecule has 0 spiro atoms. The van der Waals surface area contributed by atoms with Gasteiger partial charge < -0.3 is 10.6 Å². The third-order valence-corrected chi connectivity index (χ3v) is 4.31. The molecule has 4 heteroatoms. The monoisotopic (exact) mass is 228 g/mol. The molecule has 2 fully saturated rings. The van der Waals surface area contributed by atoms with Crippen LogP contribution in [0, 0.1) is 0 Å². The molecule has 0 bridgehead atoms. The van der Waals surface area contributed by atoms with Gasteiger partial charge in [-0.3, -0.25) is 0 Å². The molecule has 2 heterocycles. The fourth-order valence-corrected chi connectivity index (χ4v) is 3.15. The Balaban J connectivity index is 1.88. The zero-order valence-electron chi connectivity index (χ0n) is 8.21. The maximum atomic E-state index is 3.40. The summed E-state index contributed by atoms with van der Waals surface area (Å²) in [6, 6.07) is 0. The van der Waals surface area contributed by atoms with E-state index in [1.165, 1.54) is 34.4 Å². The zero-order chi connectivity index (χ0) is 9.64. The number of hydrogen-bond donors (Lipinski definition) is 2. The van der Waals surface area contributed by atoms with E-state index in [0.29, 0.717) is 0 Å². The Morgan fingerprint density at radius 2 is 1.36 bits per heavy atom. The van der Waals surface area contributed by atoms with Crippen LogP contribution in [0.15, 0.2) is 22.2 Å². The second-order valence-corrected chi connectivity index (χ2v) is 5.59. The molecule has 2 N–H and O–H groups in total. The summed E-state index contributed by atoms with van der Waals surface area (Å²) in [4.78, 5) is 0. The van der Waals surface area contributed by atoms with Crippen molar-refractivity contribution in [1.82, 2.24) is 10.6 Å². The summed E-state index contributed by atoms with van der Waals surface area (Å²) < 4.78 is 0. The fourth-order valence-electron chi connectivity index (χ4n) is 1.40. The smallest absolute Gasteiger partial charge is 0.0682 e. The molecule has 2 saturated heterocycles. The Morgan fingerprint density at radius 3 is 1.71 bits per heavy atom. The molecule has 14 heavy (non-hydrogen) atoms. The molecular weight excluding hydrogens is 212 g/mol. The summed E-state index contributed by atoms with van der Waals surface area (Å²) in [5, 5.41) is 9.44. The average molecular weight is 228 g/mol. The molecular formula is C10H16N2S2. The molecule has 0 unspecified atom stereocenters. The van der Waals surface area contributed by atoms with Crippen molar-refractivity contribution in [3.63, 3.8) is 0 Å². The standard InChI is InChI=1S/C10H16N2S2/c1-5-11-9(13-7-1)3-4-10-12-6-2-8-14-10/h3-4,11-12H,1-2,5-8H2/b9-3+,10-4+. The van der Waals surface area contributed by atoms with E-state index < -0.39 is 0 Å². The lowest BCUT2D eigenvalue weighted by atomic mass is 10.4. The van der Waals surface area contributed by atoms with Crippen LogP contribution in [-0.4, -0.2) is 24.6 Å². The lowest BCUT2D eigenvalue weighted by Crippen LogP contribution is -2.20. The van der Waals surface area contributed by atoms with Crippen LogP contribution >= 0.6 is 23.5 Å². The molecule has 78 valence electrons.